The first-order valence-corrected chi connectivity index (χ1v) is 6.17. The molecule has 2 heterocycles. The van der Waals surface area contributed by atoms with Gasteiger partial charge in [-0.3, -0.25) is 5.41 Å². The van der Waals surface area contributed by atoms with Crippen molar-refractivity contribution < 1.29 is 4.74 Å². The zero-order valence-corrected chi connectivity index (χ0v) is 11.2. The van der Waals surface area contributed by atoms with Crippen LogP contribution in [0.2, 0.25) is 0 Å². The first-order valence-electron chi connectivity index (χ1n) is 6.17. The van der Waals surface area contributed by atoms with Crippen LogP contribution in [0, 0.1) is 19.3 Å². The number of morpholine rings is 1. The normalized spacial score (nSPS) is 19.9. The van der Waals surface area contributed by atoms with Gasteiger partial charge in [0.25, 0.3) is 0 Å². The monoisotopic (exact) mass is 248 g/mol. The summed E-state index contributed by atoms with van der Waals surface area (Å²) in [4.78, 5) is 6.76. The molecule has 1 aliphatic heterocycles. The van der Waals surface area contributed by atoms with Crippen molar-refractivity contribution in [3.63, 3.8) is 0 Å². The lowest BCUT2D eigenvalue weighted by atomic mass is 10.1. The van der Waals surface area contributed by atoms with E-state index in [-0.39, 0.29) is 11.9 Å². The van der Waals surface area contributed by atoms with Gasteiger partial charge in [-0.15, -0.1) is 0 Å². The van der Waals surface area contributed by atoms with Crippen molar-refractivity contribution in [3.05, 3.63) is 22.9 Å². The molecule has 1 aromatic rings. The molecule has 1 unspecified atom stereocenters. The maximum absolute atomic E-state index is 7.75. The number of hydrogen-bond donors (Lipinski definition) is 2. The molecule has 1 fully saturated rings. The predicted molar refractivity (Wildman–Crippen MR) is 72.4 cm³/mol. The fourth-order valence-electron chi connectivity index (χ4n) is 2.40. The molecular weight excluding hydrogens is 228 g/mol. The summed E-state index contributed by atoms with van der Waals surface area (Å²) in [5.41, 5.74) is 8.40. The molecule has 5 nitrogen and oxygen atoms in total. The minimum atomic E-state index is 0.0775. The SMILES string of the molecule is Cc1cc(C)c(C(=N)N)c(N2CCOCC2C)n1. The summed E-state index contributed by atoms with van der Waals surface area (Å²) in [6.45, 7) is 8.20. The van der Waals surface area contributed by atoms with Crippen LogP contribution in [-0.2, 0) is 4.74 Å². The number of anilines is 1. The number of amidine groups is 1. The van der Waals surface area contributed by atoms with Crippen LogP contribution in [-0.4, -0.2) is 36.6 Å². The van der Waals surface area contributed by atoms with Gasteiger partial charge in [-0.1, -0.05) is 0 Å². The highest BCUT2D eigenvalue weighted by atomic mass is 16.5. The van der Waals surface area contributed by atoms with Crippen LogP contribution in [0.25, 0.3) is 0 Å². The molecular formula is C13H20N4O. The van der Waals surface area contributed by atoms with E-state index in [9.17, 15) is 0 Å². The van der Waals surface area contributed by atoms with E-state index < -0.39 is 0 Å². The van der Waals surface area contributed by atoms with Gasteiger partial charge in [-0.05, 0) is 32.4 Å². The van der Waals surface area contributed by atoms with Crippen LogP contribution < -0.4 is 10.6 Å². The third-order valence-electron chi connectivity index (χ3n) is 3.23. The topological polar surface area (TPSA) is 75.2 Å². The number of ether oxygens (including phenoxy) is 1. The number of aryl methyl sites for hydroxylation is 2. The van der Waals surface area contributed by atoms with E-state index >= 15 is 0 Å². The number of nitrogen functional groups attached to an aromatic ring is 1. The summed E-state index contributed by atoms with van der Waals surface area (Å²) < 4.78 is 5.44. The number of hydrogen-bond acceptors (Lipinski definition) is 4. The Morgan fingerprint density at radius 1 is 1.56 bits per heavy atom. The highest BCUT2D eigenvalue weighted by Crippen LogP contribution is 2.25. The van der Waals surface area contributed by atoms with E-state index in [1.165, 1.54) is 0 Å². The summed E-state index contributed by atoms with van der Waals surface area (Å²) >= 11 is 0. The van der Waals surface area contributed by atoms with E-state index in [1.54, 1.807) is 0 Å². The second-order valence-electron chi connectivity index (χ2n) is 4.81. The molecule has 2 rings (SSSR count). The number of nitrogens with two attached hydrogens (primary N) is 1. The van der Waals surface area contributed by atoms with Gasteiger partial charge in [0.2, 0.25) is 0 Å². The first kappa shape index (κ1) is 12.8. The minimum Gasteiger partial charge on any atom is -0.384 e. The van der Waals surface area contributed by atoms with Crippen LogP contribution in [0.5, 0.6) is 0 Å². The quantitative estimate of drug-likeness (QED) is 0.609. The molecule has 5 heteroatoms. The highest BCUT2D eigenvalue weighted by molar-refractivity contribution is 6.01. The molecule has 98 valence electrons. The first-order chi connectivity index (χ1) is 8.50. The second kappa shape index (κ2) is 4.94. The van der Waals surface area contributed by atoms with E-state index in [0.29, 0.717) is 13.2 Å². The van der Waals surface area contributed by atoms with Crippen LogP contribution in [0.1, 0.15) is 23.7 Å². The van der Waals surface area contributed by atoms with Crippen molar-refractivity contribution in [2.75, 3.05) is 24.7 Å². The largest absolute Gasteiger partial charge is 0.384 e. The van der Waals surface area contributed by atoms with Crippen LogP contribution >= 0.6 is 0 Å². The van der Waals surface area contributed by atoms with Gasteiger partial charge >= 0.3 is 0 Å². The zero-order valence-electron chi connectivity index (χ0n) is 11.2. The number of aromatic nitrogens is 1. The van der Waals surface area contributed by atoms with Gasteiger partial charge in [-0.25, -0.2) is 4.98 Å². The lowest BCUT2D eigenvalue weighted by Gasteiger charge is -2.35. The van der Waals surface area contributed by atoms with Crippen molar-refractivity contribution in [2.24, 2.45) is 5.73 Å². The number of nitrogens with one attached hydrogen (secondary N) is 1. The van der Waals surface area contributed by atoms with Crippen LogP contribution in [0.3, 0.4) is 0 Å². The van der Waals surface area contributed by atoms with Crippen molar-refractivity contribution in [1.29, 1.82) is 5.41 Å². The second-order valence-corrected chi connectivity index (χ2v) is 4.81. The minimum absolute atomic E-state index is 0.0775. The summed E-state index contributed by atoms with van der Waals surface area (Å²) in [5, 5.41) is 7.75. The predicted octanol–water partition coefficient (Wildman–Crippen LogP) is 1.21. The molecule has 18 heavy (non-hydrogen) atoms. The molecule has 1 atom stereocenters. The lowest BCUT2D eigenvalue weighted by Crippen LogP contribution is -2.45. The average molecular weight is 248 g/mol. The van der Waals surface area contributed by atoms with Crippen molar-refractivity contribution in [1.82, 2.24) is 4.98 Å². The van der Waals surface area contributed by atoms with Crippen molar-refractivity contribution in [2.45, 2.75) is 26.8 Å². The maximum atomic E-state index is 7.75. The van der Waals surface area contributed by atoms with Crippen molar-refractivity contribution in [3.8, 4) is 0 Å². The summed E-state index contributed by atoms with van der Waals surface area (Å²) in [5.74, 6) is 0.893. The Morgan fingerprint density at radius 2 is 2.28 bits per heavy atom. The smallest absolute Gasteiger partial charge is 0.140 e. The molecule has 0 saturated carbocycles. The molecule has 0 radical (unpaired) electrons. The Hall–Kier alpha value is -1.62. The van der Waals surface area contributed by atoms with E-state index in [2.05, 4.69) is 16.8 Å². The van der Waals surface area contributed by atoms with Gasteiger partial charge in [0.15, 0.2) is 0 Å². The molecule has 1 aromatic heterocycles. The Morgan fingerprint density at radius 3 is 2.89 bits per heavy atom. The molecule has 0 bridgehead atoms. The number of nitrogens with zero attached hydrogens (tertiary/aromatic N) is 2. The lowest BCUT2D eigenvalue weighted by molar-refractivity contribution is 0.0985. The van der Waals surface area contributed by atoms with Gasteiger partial charge in [-0.2, -0.15) is 0 Å². The van der Waals surface area contributed by atoms with E-state index in [4.69, 9.17) is 15.9 Å². The van der Waals surface area contributed by atoms with E-state index in [0.717, 1.165) is 29.2 Å². The fraction of sp³-hybridized carbons (Fsp3) is 0.538. The number of pyridine rings is 1. The summed E-state index contributed by atoms with van der Waals surface area (Å²) in [7, 11) is 0. The molecule has 0 aliphatic carbocycles. The van der Waals surface area contributed by atoms with Gasteiger partial charge in [0.1, 0.15) is 11.7 Å². The highest BCUT2D eigenvalue weighted by Gasteiger charge is 2.24. The molecule has 3 N–H and O–H groups in total. The molecule has 0 aromatic carbocycles. The zero-order chi connectivity index (χ0) is 13.3. The van der Waals surface area contributed by atoms with Gasteiger partial charge in [0, 0.05) is 12.2 Å². The third-order valence-corrected chi connectivity index (χ3v) is 3.23. The standard InChI is InChI=1S/C13H20N4O/c1-8-6-9(2)16-13(11(8)12(14)15)17-4-5-18-7-10(17)3/h6,10H,4-5,7H2,1-3H3,(H3,14,15). The van der Waals surface area contributed by atoms with E-state index in [1.807, 2.05) is 19.9 Å². The number of rotatable bonds is 2. The molecule has 1 aliphatic rings. The maximum Gasteiger partial charge on any atom is 0.140 e. The molecule has 0 spiro atoms. The average Bonchev–Trinajstić information content (AvgIpc) is 2.27. The summed E-state index contributed by atoms with van der Waals surface area (Å²) in [6.07, 6.45) is 0. The van der Waals surface area contributed by atoms with Crippen LogP contribution in [0.15, 0.2) is 6.07 Å². The Labute approximate surface area is 107 Å². The Bertz CT molecular complexity index is 472. The summed E-state index contributed by atoms with van der Waals surface area (Å²) in [6, 6.07) is 2.22. The van der Waals surface area contributed by atoms with Gasteiger partial charge < -0.3 is 15.4 Å². The van der Waals surface area contributed by atoms with Crippen molar-refractivity contribution >= 4 is 11.7 Å². The Kier molecular flexibility index (Phi) is 3.52. The van der Waals surface area contributed by atoms with Gasteiger partial charge in [0.05, 0.1) is 24.8 Å². The van der Waals surface area contributed by atoms with Crippen LogP contribution in [0.4, 0.5) is 5.82 Å². The third kappa shape index (κ3) is 2.31. The fourth-order valence-corrected chi connectivity index (χ4v) is 2.40. The molecule has 1 saturated heterocycles. The molecule has 0 amide bonds. The Balaban J connectivity index is 2.50.